The third-order valence-corrected chi connectivity index (χ3v) is 6.21. The van der Waals surface area contributed by atoms with Crippen molar-refractivity contribution in [3.8, 4) is 0 Å². The topological polar surface area (TPSA) is 64.0 Å². The van der Waals surface area contributed by atoms with Crippen LogP contribution in [0.4, 0.5) is 5.69 Å². The first kappa shape index (κ1) is 20.9. The molecule has 1 aromatic heterocycles. The van der Waals surface area contributed by atoms with E-state index < -0.39 is 0 Å². The van der Waals surface area contributed by atoms with Crippen LogP contribution in [0.1, 0.15) is 16.8 Å². The number of benzene rings is 3. The van der Waals surface area contributed by atoms with Crippen molar-refractivity contribution in [2.75, 3.05) is 5.32 Å². The van der Waals surface area contributed by atoms with Gasteiger partial charge in [0.1, 0.15) is 0 Å². The van der Waals surface area contributed by atoms with Crippen LogP contribution in [0.15, 0.2) is 81.3 Å². The van der Waals surface area contributed by atoms with Crippen molar-refractivity contribution >= 4 is 34.1 Å². The van der Waals surface area contributed by atoms with Gasteiger partial charge in [-0.3, -0.25) is 9.59 Å². The summed E-state index contributed by atoms with van der Waals surface area (Å²) < 4.78 is 1.28. The Morgan fingerprint density at radius 3 is 2.32 bits per heavy atom. The van der Waals surface area contributed by atoms with Gasteiger partial charge >= 0.3 is 0 Å². The molecule has 4 aromatic rings. The first-order chi connectivity index (χ1) is 14.9. The number of fused-ring (bicyclic) bond motifs is 1. The average molecular weight is 430 g/mol. The zero-order valence-corrected chi connectivity index (χ0v) is 18.5. The van der Waals surface area contributed by atoms with Crippen LogP contribution in [0, 0.1) is 13.8 Å². The number of hydrogen-bond donors (Lipinski definition) is 1. The van der Waals surface area contributed by atoms with Crippen LogP contribution in [0.5, 0.6) is 0 Å². The van der Waals surface area contributed by atoms with E-state index in [0.29, 0.717) is 16.5 Å². The molecule has 4 rings (SSSR count). The van der Waals surface area contributed by atoms with E-state index in [-0.39, 0.29) is 17.9 Å². The van der Waals surface area contributed by atoms with Gasteiger partial charge in [0.05, 0.1) is 17.5 Å². The third-order valence-electron chi connectivity index (χ3n) is 5.21. The molecule has 0 saturated carbocycles. The molecule has 0 aliphatic rings. The quantitative estimate of drug-likeness (QED) is 0.491. The van der Waals surface area contributed by atoms with E-state index in [0.717, 1.165) is 10.6 Å². The highest BCUT2D eigenvalue weighted by Gasteiger charge is 2.12. The molecule has 0 fully saturated rings. The molecule has 1 amide bonds. The minimum absolute atomic E-state index is 0.0910. The van der Waals surface area contributed by atoms with Crippen molar-refractivity contribution in [1.82, 2.24) is 9.78 Å². The zero-order chi connectivity index (χ0) is 22.0. The van der Waals surface area contributed by atoms with E-state index in [1.165, 1.54) is 20.7 Å². The molecule has 1 N–H and O–H groups in total. The highest BCUT2D eigenvalue weighted by molar-refractivity contribution is 7.99. The van der Waals surface area contributed by atoms with Crippen LogP contribution in [0.2, 0.25) is 0 Å². The lowest BCUT2D eigenvalue weighted by Crippen LogP contribution is -2.24. The second-order valence-electron chi connectivity index (χ2n) is 7.52. The summed E-state index contributed by atoms with van der Waals surface area (Å²) in [5, 5.41) is 8.49. The zero-order valence-electron chi connectivity index (χ0n) is 17.7. The number of amides is 1. The summed E-state index contributed by atoms with van der Waals surface area (Å²) in [7, 11) is 1.60. The fourth-order valence-electron chi connectivity index (χ4n) is 3.38. The maximum absolute atomic E-state index is 12.6. The van der Waals surface area contributed by atoms with E-state index in [4.69, 9.17) is 0 Å². The van der Waals surface area contributed by atoms with E-state index >= 15 is 0 Å². The Kier molecular flexibility index (Phi) is 5.91. The molecule has 0 aliphatic heterocycles. The number of rotatable bonds is 5. The molecule has 156 valence electrons. The summed E-state index contributed by atoms with van der Waals surface area (Å²) in [5.41, 5.74) is 3.69. The van der Waals surface area contributed by atoms with E-state index in [1.54, 1.807) is 24.9 Å². The summed E-state index contributed by atoms with van der Waals surface area (Å²) in [6.07, 6.45) is 0.0910. The van der Waals surface area contributed by atoms with Gasteiger partial charge in [0.25, 0.3) is 5.56 Å². The van der Waals surface area contributed by atoms with Crippen molar-refractivity contribution in [3.05, 3.63) is 93.9 Å². The Morgan fingerprint density at radius 1 is 0.935 bits per heavy atom. The van der Waals surface area contributed by atoms with Gasteiger partial charge in [-0.1, -0.05) is 36.0 Å². The Balaban J connectivity index is 1.46. The molecule has 3 aromatic carbocycles. The second kappa shape index (κ2) is 8.78. The lowest BCUT2D eigenvalue weighted by molar-refractivity contribution is -0.115. The molecule has 0 unspecified atom stereocenters. The largest absolute Gasteiger partial charge is 0.326 e. The van der Waals surface area contributed by atoms with E-state index in [2.05, 4.69) is 42.5 Å². The third kappa shape index (κ3) is 4.70. The number of aryl methyl sites for hydroxylation is 3. The molecule has 1 heterocycles. The molecule has 6 heteroatoms. The number of anilines is 1. The van der Waals surface area contributed by atoms with Crippen LogP contribution in [-0.4, -0.2) is 15.7 Å². The Hall–Kier alpha value is -3.38. The van der Waals surface area contributed by atoms with Crippen LogP contribution in [0.3, 0.4) is 0 Å². The number of nitrogens with zero attached hydrogens (tertiary/aromatic N) is 2. The Labute approximate surface area is 185 Å². The molecule has 0 saturated heterocycles. The second-order valence-corrected chi connectivity index (χ2v) is 8.67. The van der Waals surface area contributed by atoms with Crippen molar-refractivity contribution in [3.63, 3.8) is 0 Å². The first-order valence-electron chi connectivity index (χ1n) is 10.0. The number of nitrogens with one attached hydrogen (secondary N) is 1. The van der Waals surface area contributed by atoms with Gasteiger partial charge in [0.15, 0.2) is 0 Å². The average Bonchev–Trinajstić information content (AvgIpc) is 2.76. The molecular weight excluding hydrogens is 406 g/mol. The smallest absolute Gasteiger partial charge is 0.274 e. The normalized spacial score (nSPS) is 10.9. The van der Waals surface area contributed by atoms with Crippen LogP contribution < -0.4 is 10.9 Å². The van der Waals surface area contributed by atoms with Crippen molar-refractivity contribution in [1.29, 1.82) is 0 Å². The Bertz CT molecular complexity index is 1330. The summed E-state index contributed by atoms with van der Waals surface area (Å²) >= 11 is 1.69. The highest BCUT2D eigenvalue weighted by Crippen LogP contribution is 2.29. The van der Waals surface area contributed by atoms with E-state index in [9.17, 15) is 9.59 Å². The predicted octanol–water partition coefficient (Wildman–Crippen LogP) is 4.88. The van der Waals surface area contributed by atoms with Crippen LogP contribution in [0.25, 0.3) is 10.8 Å². The van der Waals surface area contributed by atoms with Crippen molar-refractivity contribution in [2.45, 2.75) is 30.1 Å². The summed E-state index contributed by atoms with van der Waals surface area (Å²) in [6, 6.07) is 21.4. The minimum Gasteiger partial charge on any atom is -0.326 e. The summed E-state index contributed by atoms with van der Waals surface area (Å²) in [4.78, 5) is 27.2. The van der Waals surface area contributed by atoms with Gasteiger partial charge in [-0.25, -0.2) is 4.68 Å². The molecule has 0 bridgehead atoms. The minimum atomic E-state index is -0.175. The molecule has 31 heavy (non-hydrogen) atoms. The molecule has 0 spiro atoms. The molecule has 0 atom stereocenters. The number of aromatic nitrogens is 2. The maximum atomic E-state index is 12.6. The summed E-state index contributed by atoms with van der Waals surface area (Å²) in [6.45, 7) is 4.22. The van der Waals surface area contributed by atoms with Crippen LogP contribution >= 0.6 is 11.8 Å². The van der Waals surface area contributed by atoms with Gasteiger partial charge in [0.2, 0.25) is 5.91 Å². The van der Waals surface area contributed by atoms with Gasteiger partial charge < -0.3 is 5.32 Å². The van der Waals surface area contributed by atoms with Crippen molar-refractivity contribution in [2.24, 2.45) is 7.05 Å². The first-order valence-corrected chi connectivity index (χ1v) is 10.8. The SMILES string of the molecule is Cc1ccc(Sc2ccc(NC(=O)Cc3nn(C)c(=O)c4ccccc34)cc2)cc1C. The van der Waals surface area contributed by atoms with Gasteiger partial charge in [-0.2, -0.15) is 5.10 Å². The van der Waals surface area contributed by atoms with Gasteiger partial charge in [-0.15, -0.1) is 0 Å². The predicted molar refractivity (Wildman–Crippen MR) is 126 cm³/mol. The molecular formula is C25H23N3O2S. The number of hydrogen-bond acceptors (Lipinski definition) is 4. The summed E-state index contributed by atoms with van der Waals surface area (Å²) in [5.74, 6) is -0.175. The lowest BCUT2D eigenvalue weighted by atomic mass is 10.1. The highest BCUT2D eigenvalue weighted by atomic mass is 32.2. The number of carbonyl (C=O) groups excluding carboxylic acids is 1. The molecule has 5 nitrogen and oxygen atoms in total. The number of carbonyl (C=O) groups is 1. The van der Waals surface area contributed by atoms with Gasteiger partial charge in [-0.05, 0) is 67.4 Å². The van der Waals surface area contributed by atoms with Crippen molar-refractivity contribution < 1.29 is 4.79 Å². The lowest BCUT2D eigenvalue weighted by Gasteiger charge is -2.10. The fourth-order valence-corrected chi connectivity index (χ4v) is 4.30. The Morgan fingerprint density at radius 2 is 1.61 bits per heavy atom. The van der Waals surface area contributed by atoms with E-state index in [1.807, 2.05) is 42.5 Å². The monoisotopic (exact) mass is 429 g/mol. The van der Waals surface area contributed by atoms with Crippen LogP contribution in [-0.2, 0) is 18.3 Å². The fraction of sp³-hybridized carbons (Fsp3) is 0.160. The molecule has 0 aliphatic carbocycles. The van der Waals surface area contributed by atoms with Gasteiger partial charge in [0, 0.05) is 27.9 Å². The standard InChI is InChI=1S/C25H23N3O2S/c1-16-8-11-20(14-17(16)2)31-19-12-9-18(10-13-19)26-24(29)15-23-21-6-4-5-7-22(21)25(30)28(3)27-23/h4-14H,15H2,1-3H3,(H,26,29). The molecule has 0 radical (unpaired) electrons. The maximum Gasteiger partial charge on any atom is 0.274 e.